The maximum atomic E-state index is 12.9. The first kappa shape index (κ1) is 10.8. The van der Waals surface area contributed by atoms with Crippen LogP contribution in [-0.4, -0.2) is 11.2 Å². The highest BCUT2D eigenvalue weighted by molar-refractivity contribution is 9.10. The lowest BCUT2D eigenvalue weighted by atomic mass is 10.2. The van der Waals surface area contributed by atoms with Crippen LogP contribution in [0.25, 0.3) is 0 Å². The lowest BCUT2D eigenvalue weighted by Gasteiger charge is -2.06. The second-order valence-corrected chi connectivity index (χ2v) is 3.48. The van der Waals surface area contributed by atoms with Crippen LogP contribution in [0.5, 0.6) is 0 Å². The van der Waals surface area contributed by atoms with E-state index in [0.29, 0.717) is 5.56 Å². The number of nitrogens with one attached hydrogen (secondary N) is 1. The van der Waals surface area contributed by atoms with Gasteiger partial charge in [-0.2, -0.15) is 0 Å². The lowest BCUT2D eigenvalue weighted by Crippen LogP contribution is -2.20. The van der Waals surface area contributed by atoms with Gasteiger partial charge in [0.2, 0.25) is 0 Å². The Balaban J connectivity index is 2.87. The minimum Gasteiger partial charge on any atom is -0.465 e. The molecule has 0 saturated carbocycles. The zero-order chi connectivity index (χ0) is 10.7. The van der Waals surface area contributed by atoms with Gasteiger partial charge in [0.1, 0.15) is 5.82 Å². The molecule has 0 fully saturated rings. The molecule has 0 aliphatic carbocycles. The Morgan fingerprint density at radius 3 is 2.86 bits per heavy atom. The predicted molar refractivity (Wildman–Crippen MR) is 53.4 cm³/mol. The largest absolute Gasteiger partial charge is 0.465 e. The van der Waals surface area contributed by atoms with E-state index in [9.17, 15) is 9.18 Å². The molecule has 0 atom stereocenters. The molecule has 0 saturated heterocycles. The van der Waals surface area contributed by atoms with Crippen molar-refractivity contribution in [1.29, 1.82) is 0 Å². The Bertz CT molecular complexity index is 371. The summed E-state index contributed by atoms with van der Waals surface area (Å²) >= 11 is 2.98. The van der Waals surface area contributed by atoms with Crippen LogP contribution in [0.3, 0.4) is 0 Å². The minimum atomic E-state index is -1.15. The summed E-state index contributed by atoms with van der Waals surface area (Å²) in [5.41, 5.74) is 6.23. The number of rotatable bonds is 2. The highest BCUT2D eigenvalue weighted by Crippen LogP contribution is 2.22. The Kier molecular flexibility index (Phi) is 3.29. The van der Waals surface area contributed by atoms with Gasteiger partial charge in [-0.15, -0.1) is 0 Å². The van der Waals surface area contributed by atoms with Gasteiger partial charge in [0.05, 0.1) is 4.47 Å². The highest BCUT2D eigenvalue weighted by Gasteiger charge is 2.06. The standard InChI is InChI=1S/C8H8BrFN2O2/c9-5-1-4(3-12-8(13)14)7(11)2-6(5)10/h1-2,12H,3,11H2,(H,13,14). The molecule has 1 aromatic rings. The van der Waals surface area contributed by atoms with Gasteiger partial charge in [-0.05, 0) is 33.6 Å². The van der Waals surface area contributed by atoms with Gasteiger partial charge in [0.15, 0.2) is 0 Å². The van der Waals surface area contributed by atoms with Crippen molar-refractivity contribution in [3.63, 3.8) is 0 Å². The summed E-state index contributed by atoms with van der Waals surface area (Å²) in [5.74, 6) is -0.471. The van der Waals surface area contributed by atoms with Crippen LogP contribution >= 0.6 is 15.9 Å². The van der Waals surface area contributed by atoms with Gasteiger partial charge < -0.3 is 16.2 Å². The zero-order valence-corrected chi connectivity index (χ0v) is 8.64. The third-order valence-corrected chi connectivity index (χ3v) is 2.22. The van der Waals surface area contributed by atoms with Crippen molar-refractivity contribution in [3.05, 3.63) is 28.0 Å². The smallest absolute Gasteiger partial charge is 0.404 e. The van der Waals surface area contributed by atoms with E-state index in [0.717, 1.165) is 6.07 Å². The average Bonchev–Trinajstić information content (AvgIpc) is 2.09. The van der Waals surface area contributed by atoms with E-state index in [1.807, 2.05) is 0 Å². The predicted octanol–water partition coefficient (Wildman–Crippen LogP) is 1.94. The third-order valence-electron chi connectivity index (χ3n) is 1.61. The molecule has 14 heavy (non-hydrogen) atoms. The molecular weight excluding hydrogens is 255 g/mol. The highest BCUT2D eigenvalue weighted by atomic mass is 79.9. The van der Waals surface area contributed by atoms with Crippen LogP contribution in [-0.2, 0) is 6.54 Å². The van der Waals surface area contributed by atoms with Crippen molar-refractivity contribution in [2.24, 2.45) is 0 Å². The normalized spacial score (nSPS) is 9.86. The Morgan fingerprint density at radius 1 is 1.64 bits per heavy atom. The summed E-state index contributed by atoms with van der Waals surface area (Å²) in [6.07, 6.45) is -1.15. The maximum absolute atomic E-state index is 12.9. The molecule has 1 amide bonds. The van der Waals surface area contributed by atoms with Gasteiger partial charge >= 0.3 is 6.09 Å². The van der Waals surface area contributed by atoms with E-state index in [2.05, 4.69) is 21.2 Å². The quantitative estimate of drug-likeness (QED) is 0.713. The summed E-state index contributed by atoms with van der Waals surface area (Å²) in [7, 11) is 0. The van der Waals surface area contributed by atoms with Crippen molar-refractivity contribution in [2.75, 3.05) is 5.73 Å². The number of nitrogens with two attached hydrogens (primary N) is 1. The third kappa shape index (κ3) is 2.59. The monoisotopic (exact) mass is 262 g/mol. The number of anilines is 1. The molecule has 0 heterocycles. The summed E-state index contributed by atoms with van der Waals surface area (Å²) in [5, 5.41) is 10.5. The first-order chi connectivity index (χ1) is 6.50. The number of amides is 1. The van der Waals surface area contributed by atoms with Crippen LogP contribution in [0.15, 0.2) is 16.6 Å². The Labute approximate surface area is 88.0 Å². The first-order valence-corrected chi connectivity index (χ1v) is 4.50. The van der Waals surface area contributed by atoms with Gasteiger partial charge in [-0.25, -0.2) is 9.18 Å². The van der Waals surface area contributed by atoms with E-state index in [1.54, 1.807) is 0 Å². The molecule has 0 unspecified atom stereocenters. The van der Waals surface area contributed by atoms with E-state index >= 15 is 0 Å². The van der Waals surface area contributed by atoms with Gasteiger partial charge in [0.25, 0.3) is 0 Å². The fourth-order valence-electron chi connectivity index (χ4n) is 0.927. The van der Waals surface area contributed by atoms with E-state index in [-0.39, 0.29) is 16.7 Å². The zero-order valence-electron chi connectivity index (χ0n) is 7.05. The van der Waals surface area contributed by atoms with Crippen LogP contribution in [0, 0.1) is 5.82 Å². The summed E-state index contributed by atoms with van der Waals surface area (Å²) in [6.45, 7) is 0.0556. The first-order valence-electron chi connectivity index (χ1n) is 3.71. The number of nitrogen functional groups attached to an aromatic ring is 1. The van der Waals surface area contributed by atoms with Crippen molar-refractivity contribution < 1.29 is 14.3 Å². The minimum absolute atomic E-state index is 0.0556. The fraction of sp³-hybridized carbons (Fsp3) is 0.125. The van der Waals surface area contributed by atoms with E-state index < -0.39 is 11.9 Å². The second kappa shape index (κ2) is 4.28. The molecule has 0 aromatic heterocycles. The number of benzene rings is 1. The van der Waals surface area contributed by atoms with Crippen molar-refractivity contribution >= 4 is 27.7 Å². The van der Waals surface area contributed by atoms with Crippen molar-refractivity contribution in [1.82, 2.24) is 5.32 Å². The topological polar surface area (TPSA) is 75.3 Å². The van der Waals surface area contributed by atoms with Crippen molar-refractivity contribution in [2.45, 2.75) is 6.54 Å². The van der Waals surface area contributed by atoms with Gasteiger partial charge in [0, 0.05) is 12.2 Å². The number of hydrogen-bond acceptors (Lipinski definition) is 2. The van der Waals surface area contributed by atoms with Crippen LogP contribution in [0.1, 0.15) is 5.56 Å². The number of hydrogen-bond donors (Lipinski definition) is 3. The molecule has 76 valence electrons. The molecule has 6 heteroatoms. The number of carbonyl (C=O) groups is 1. The summed E-state index contributed by atoms with van der Waals surface area (Å²) in [6, 6.07) is 2.59. The molecule has 4 nitrogen and oxygen atoms in total. The summed E-state index contributed by atoms with van der Waals surface area (Å²) in [4.78, 5) is 10.2. The van der Waals surface area contributed by atoms with Crippen LogP contribution in [0.2, 0.25) is 0 Å². The molecule has 4 N–H and O–H groups in total. The number of carboxylic acid groups (broad SMARTS) is 1. The second-order valence-electron chi connectivity index (χ2n) is 2.62. The average molecular weight is 263 g/mol. The molecule has 0 bridgehead atoms. The van der Waals surface area contributed by atoms with Gasteiger partial charge in [-0.1, -0.05) is 0 Å². The van der Waals surface area contributed by atoms with E-state index in [1.165, 1.54) is 6.07 Å². The molecular formula is C8H8BrFN2O2. The molecule has 0 radical (unpaired) electrons. The number of halogens is 2. The molecule has 1 rings (SSSR count). The Hall–Kier alpha value is -1.30. The molecule has 1 aromatic carbocycles. The lowest BCUT2D eigenvalue weighted by molar-refractivity contribution is 0.194. The van der Waals surface area contributed by atoms with Crippen LogP contribution in [0.4, 0.5) is 14.9 Å². The maximum Gasteiger partial charge on any atom is 0.404 e. The molecule has 0 aliphatic rings. The van der Waals surface area contributed by atoms with Crippen LogP contribution < -0.4 is 11.1 Å². The van der Waals surface area contributed by atoms with Crippen molar-refractivity contribution in [3.8, 4) is 0 Å². The fourth-order valence-corrected chi connectivity index (χ4v) is 1.32. The summed E-state index contributed by atoms with van der Waals surface area (Å²) < 4.78 is 13.2. The Morgan fingerprint density at radius 2 is 2.29 bits per heavy atom. The van der Waals surface area contributed by atoms with E-state index in [4.69, 9.17) is 10.8 Å². The molecule has 0 aliphatic heterocycles. The molecule has 0 spiro atoms. The van der Waals surface area contributed by atoms with Gasteiger partial charge in [-0.3, -0.25) is 0 Å². The SMILES string of the molecule is Nc1cc(F)c(Br)cc1CNC(=O)O.